The minimum absolute atomic E-state index is 0.0423. The Labute approximate surface area is 147 Å². The molecule has 2 aromatic carbocycles. The molecule has 0 atom stereocenters. The molecule has 0 unspecified atom stereocenters. The molecule has 1 amide bonds. The third kappa shape index (κ3) is 4.12. The third-order valence-corrected chi connectivity index (χ3v) is 4.03. The molecule has 1 aliphatic rings. The largest absolute Gasteiger partial charge is 0.484 e. The van der Waals surface area contributed by atoms with Crippen LogP contribution in [0.15, 0.2) is 55.1 Å². The third-order valence-electron chi connectivity index (χ3n) is 4.03. The number of ether oxygens (including phenoxy) is 3. The normalized spacial score (nSPS) is 11.9. The van der Waals surface area contributed by atoms with Gasteiger partial charge in [0, 0.05) is 19.2 Å². The van der Waals surface area contributed by atoms with Crippen molar-refractivity contribution in [1.29, 1.82) is 0 Å². The summed E-state index contributed by atoms with van der Waals surface area (Å²) < 4.78 is 16.2. The highest BCUT2D eigenvalue weighted by Crippen LogP contribution is 2.35. The quantitative estimate of drug-likeness (QED) is 0.726. The fourth-order valence-corrected chi connectivity index (χ4v) is 2.61. The molecule has 0 aliphatic carbocycles. The minimum Gasteiger partial charge on any atom is -0.484 e. The van der Waals surface area contributed by atoms with Gasteiger partial charge in [-0.1, -0.05) is 30.3 Å². The van der Waals surface area contributed by atoms with Crippen molar-refractivity contribution < 1.29 is 19.0 Å². The predicted molar refractivity (Wildman–Crippen MR) is 94.9 cm³/mol. The summed E-state index contributed by atoms with van der Waals surface area (Å²) in [7, 11) is 0. The van der Waals surface area contributed by atoms with Crippen LogP contribution >= 0.6 is 0 Å². The standard InChI is InChI=1S/C20H21NO4/c1-3-10-21(12-16-7-5-4-6-15(16)2)20(22)13-23-17-8-9-18-19(11-17)25-14-24-18/h3-9,11H,1,10,12-14H2,2H3. The summed E-state index contributed by atoms with van der Waals surface area (Å²) in [6.45, 7) is 6.94. The number of carbonyl (C=O) groups is 1. The summed E-state index contributed by atoms with van der Waals surface area (Å²) in [5.74, 6) is 1.80. The molecule has 3 rings (SSSR count). The molecule has 2 aromatic rings. The van der Waals surface area contributed by atoms with E-state index in [0.29, 0.717) is 30.3 Å². The van der Waals surface area contributed by atoms with E-state index in [1.54, 1.807) is 29.2 Å². The fraction of sp³-hybridized carbons (Fsp3) is 0.250. The molecule has 0 aromatic heterocycles. The number of benzene rings is 2. The van der Waals surface area contributed by atoms with Crippen LogP contribution < -0.4 is 14.2 Å². The van der Waals surface area contributed by atoms with E-state index in [4.69, 9.17) is 14.2 Å². The van der Waals surface area contributed by atoms with Crippen molar-refractivity contribution in [2.75, 3.05) is 19.9 Å². The molecule has 1 heterocycles. The molecule has 0 saturated heterocycles. The minimum atomic E-state index is -0.0965. The molecule has 0 spiro atoms. The van der Waals surface area contributed by atoms with Crippen LogP contribution in [0.1, 0.15) is 11.1 Å². The molecular weight excluding hydrogens is 318 g/mol. The topological polar surface area (TPSA) is 48.0 Å². The molecule has 0 bridgehead atoms. The maximum absolute atomic E-state index is 12.6. The van der Waals surface area contributed by atoms with Gasteiger partial charge in [0.25, 0.3) is 5.91 Å². The molecule has 5 heteroatoms. The van der Waals surface area contributed by atoms with Gasteiger partial charge in [0.05, 0.1) is 0 Å². The number of fused-ring (bicyclic) bond motifs is 1. The number of rotatable bonds is 7. The van der Waals surface area contributed by atoms with Crippen molar-refractivity contribution in [2.45, 2.75) is 13.5 Å². The lowest BCUT2D eigenvalue weighted by Gasteiger charge is -2.22. The Hall–Kier alpha value is -2.95. The van der Waals surface area contributed by atoms with E-state index in [1.807, 2.05) is 31.2 Å². The predicted octanol–water partition coefficient (Wildman–Crippen LogP) is 3.32. The molecule has 130 valence electrons. The van der Waals surface area contributed by atoms with Gasteiger partial charge in [-0.25, -0.2) is 0 Å². The van der Waals surface area contributed by atoms with Gasteiger partial charge in [-0.15, -0.1) is 6.58 Å². The van der Waals surface area contributed by atoms with E-state index in [9.17, 15) is 4.79 Å². The number of hydrogen-bond acceptors (Lipinski definition) is 4. The van der Waals surface area contributed by atoms with Gasteiger partial charge in [-0.2, -0.15) is 0 Å². The van der Waals surface area contributed by atoms with Gasteiger partial charge in [0.1, 0.15) is 5.75 Å². The first-order chi connectivity index (χ1) is 12.2. The van der Waals surface area contributed by atoms with Crippen molar-refractivity contribution >= 4 is 5.91 Å². The first-order valence-electron chi connectivity index (χ1n) is 8.13. The Kier molecular flexibility index (Phi) is 5.23. The highest BCUT2D eigenvalue weighted by atomic mass is 16.7. The highest BCUT2D eigenvalue weighted by Gasteiger charge is 2.17. The van der Waals surface area contributed by atoms with Crippen LogP contribution in [0.3, 0.4) is 0 Å². The zero-order valence-corrected chi connectivity index (χ0v) is 14.2. The van der Waals surface area contributed by atoms with Gasteiger partial charge < -0.3 is 19.1 Å². The summed E-state index contributed by atoms with van der Waals surface area (Å²) >= 11 is 0. The Balaban J connectivity index is 1.62. The summed E-state index contributed by atoms with van der Waals surface area (Å²) in [6.07, 6.45) is 1.72. The summed E-state index contributed by atoms with van der Waals surface area (Å²) in [5, 5.41) is 0. The van der Waals surface area contributed by atoms with E-state index in [1.165, 1.54) is 0 Å². The summed E-state index contributed by atoms with van der Waals surface area (Å²) in [5.41, 5.74) is 2.27. The Morgan fingerprint density at radius 3 is 2.84 bits per heavy atom. The Morgan fingerprint density at radius 2 is 2.04 bits per heavy atom. The second kappa shape index (κ2) is 7.75. The molecule has 0 N–H and O–H groups in total. The van der Waals surface area contributed by atoms with E-state index >= 15 is 0 Å². The van der Waals surface area contributed by atoms with Gasteiger partial charge in [0.2, 0.25) is 6.79 Å². The zero-order chi connectivity index (χ0) is 17.6. The van der Waals surface area contributed by atoms with Gasteiger partial charge in [-0.05, 0) is 30.2 Å². The lowest BCUT2D eigenvalue weighted by Crippen LogP contribution is -2.34. The number of hydrogen-bond donors (Lipinski definition) is 0. The lowest BCUT2D eigenvalue weighted by atomic mass is 10.1. The van der Waals surface area contributed by atoms with E-state index in [0.717, 1.165) is 11.1 Å². The number of carbonyl (C=O) groups excluding carboxylic acids is 1. The number of nitrogens with zero attached hydrogens (tertiary/aromatic N) is 1. The molecule has 0 saturated carbocycles. The molecule has 0 radical (unpaired) electrons. The Bertz CT molecular complexity index is 772. The van der Waals surface area contributed by atoms with Crippen LogP contribution in [-0.2, 0) is 11.3 Å². The van der Waals surface area contributed by atoms with Gasteiger partial charge >= 0.3 is 0 Å². The molecule has 5 nitrogen and oxygen atoms in total. The smallest absolute Gasteiger partial charge is 0.261 e. The maximum Gasteiger partial charge on any atom is 0.261 e. The van der Waals surface area contributed by atoms with Crippen molar-refractivity contribution in [3.8, 4) is 17.2 Å². The van der Waals surface area contributed by atoms with Crippen LogP contribution in [0.4, 0.5) is 0 Å². The van der Waals surface area contributed by atoms with Crippen LogP contribution in [0.2, 0.25) is 0 Å². The first kappa shape index (κ1) is 16.9. The second-order valence-electron chi connectivity index (χ2n) is 5.79. The molecular formula is C20H21NO4. The SMILES string of the molecule is C=CCN(Cc1ccccc1C)C(=O)COc1ccc2c(c1)OCO2. The van der Waals surface area contributed by atoms with Crippen molar-refractivity contribution in [3.63, 3.8) is 0 Å². The van der Waals surface area contributed by atoms with Gasteiger partial charge in [0.15, 0.2) is 18.1 Å². The molecule has 25 heavy (non-hydrogen) atoms. The Morgan fingerprint density at radius 1 is 1.24 bits per heavy atom. The average Bonchev–Trinajstić information content (AvgIpc) is 3.09. The number of amides is 1. The highest BCUT2D eigenvalue weighted by molar-refractivity contribution is 5.78. The van der Waals surface area contributed by atoms with Crippen LogP contribution in [0, 0.1) is 6.92 Å². The molecule has 0 fully saturated rings. The maximum atomic E-state index is 12.6. The van der Waals surface area contributed by atoms with Crippen molar-refractivity contribution in [3.05, 3.63) is 66.2 Å². The second-order valence-corrected chi connectivity index (χ2v) is 5.79. The van der Waals surface area contributed by atoms with Crippen molar-refractivity contribution in [1.82, 2.24) is 4.90 Å². The van der Waals surface area contributed by atoms with Crippen LogP contribution in [-0.4, -0.2) is 30.8 Å². The summed E-state index contributed by atoms with van der Waals surface area (Å²) in [6, 6.07) is 13.3. The van der Waals surface area contributed by atoms with Gasteiger partial charge in [-0.3, -0.25) is 4.79 Å². The van der Waals surface area contributed by atoms with E-state index in [2.05, 4.69) is 6.58 Å². The monoisotopic (exact) mass is 339 g/mol. The van der Waals surface area contributed by atoms with Crippen LogP contribution in [0.5, 0.6) is 17.2 Å². The van der Waals surface area contributed by atoms with Crippen molar-refractivity contribution in [2.24, 2.45) is 0 Å². The first-order valence-corrected chi connectivity index (χ1v) is 8.13. The fourth-order valence-electron chi connectivity index (χ4n) is 2.61. The summed E-state index contributed by atoms with van der Waals surface area (Å²) in [4.78, 5) is 14.3. The van der Waals surface area contributed by atoms with Crippen LogP contribution in [0.25, 0.3) is 0 Å². The lowest BCUT2D eigenvalue weighted by molar-refractivity contribution is -0.133. The van der Waals surface area contributed by atoms with E-state index < -0.39 is 0 Å². The average molecular weight is 339 g/mol. The molecule has 1 aliphatic heterocycles. The number of aryl methyl sites for hydroxylation is 1. The van der Waals surface area contributed by atoms with E-state index in [-0.39, 0.29) is 19.3 Å². The zero-order valence-electron chi connectivity index (χ0n) is 14.2.